The number of fused-ring (bicyclic) bond motifs is 1. The summed E-state index contributed by atoms with van der Waals surface area (Å²) in [4.78, 5) is 4.48. The molecule has 5 rings (SSSR count). The van der Waals surface area contributed by atoms with Gasteiger partial charge in [0.1, 0.15) is 11.5 Å². The van der Waals surface area contributed by atoms with Gasteiger partial charge >= 0.3 is 0 Å². The lowest BCUT2D eigenvalue weighted by molar-refractivity contribution is 0.495. The van der Waals surface area contributed by atoms with Crippen LogP contribution < -0.4 is 4.90 Å². The summed E-state index contributed by atoms with van der Waals surface area (Å²) in [5.74, 6) is 1.57. The van der Waals surface area contributed by atoms with Gasteiger partial charge in [0, 0.05) is 37.0 Å². The molecular formula is C26H25N3O. The average Bonchev–Trinajstić information content (AvgIpc) is 3.29. The Labute approximate surface area is 177 Å². The molecule has 1 aromatic heterocycles. The number of nitrogens with zero attached hydrogens (tertiary/aromatic N) is 3. The van der Waals surface area contributed by atoms with Gasteiger partial charge in [0.05, 0.1) is 18.2 Å². The van der Waals surface area contributed by atoms with Crippen molar-refractivity contribution in [3.05, 3.63) is 72.1 Å². The van der Waals surface area contributed by atoms with Gasteiger partial charge in [-0.25, -0.2) is 0 Å². The molecule has 3 aromatic rings. The monoisotopic (exact) mass is 395 g/mol. The van der Waals surface area contributed by atoms with Crippen molar-refractivity contribution in [3.8, 4) is 17.4 Å². The normalized spacial score (nSPS) is 16.9. The van der Waals surface area contributed by atoms with E-state index in [9.17, 15) is 5.26 Å². The number of hydrogen-bond acceptors (Lipinski definition) is 4. The van der Waals surface area contributed by atoms with Crippen LogP contribution in [0.5, 0.6) is 0 Å². The number of benzene rings is 2. The van der Waals surface area contributed by atoms with Crippen molar-refractivity contribution in [1.29, 1.82) is 5.26 Å². The van der Waals surface area contributed by atoms with E-state index in [0.29, 0.717) is 6.54 Å². The minimum absolute atomic E-state index is 0.605. The van der Waals surface area contributed by atoms with E-state index in [0.717, 1.165) is 41.3 Å². The standard InChI is InChI=1S/C26H25N3O/c1-28-14-11-24(22(17-27)18-28)26-10-9-25(30-26)21-6-5-20-16-23(8-7-19(20)15-21)29-12-3-2-4-13-29/h5-11,14-16H,2-4,12-13,18H2,1H3. The van der Waals surface area contributed by atoms with Gasteiger partial charge in [-0.05, 0) is 72.6 Å². The molecule has 0 unspecified atom stereocenters. The molecule has 3 heterocycles. The quantitative estimate of drug-likeness (QED) is 0.560. The van der Waals surface area contributed by atoms with E-state index in [1.165, 1.54) is 35.7 Å². The third-order valence-electron chi connectivity index (χ3n) is 6.06. The van der Waals surface area contributed by atoms with Gasteiger partial charge in [-0.3, -0.25) is 0 Å². The predicted molar refractivity (Wildman–Crippen MR) is 122 cm³/mol. The lowest BCUT2D eigenvalue weighted by Gasteiger charge is -2.29. The Morgan fingerprint density at radius 2 is 1.67 bits per heavy atom. The Morgan fingerprint density at radius 1 is 0.900 bits per heavy atom. The van der Waals surface area contributed by atoms with E-state index in [1.807, 2.05) is 36.4 Å². The van der Waals surface area contributed by atoms with Gasteiger partial charge in [-0.2, -0.15) is 5.26 Å². The lowest BCUT2D eigenvalue weighted by atomic mass is 10.0. The molecule has 150 valence electrons. The van der Waals surface area contributed by atoms with Crippen molar-refractivity contribution in [3.63, 3.8) is 0 Å². The number of nitriles is 1. The lowest BCUT2D eigenvalue weighted by Crippen LogP contribution is -2.29. The van der Waals surface area contributed by atoms with Crippen molar-refractivity contribution >= 4 is 22.0 Å². The first-order chi connectivity index (χ1) is 14.7. The molecule has 0 aliphatic carbocycles. The summed E-state index contributed by atoms with van der Waals surface area (Å²) >= 11 is 0. The average molecular weight is 396 g/mol. The van der Waals surface area contributed by atoms with Gasteiger partial charge in [0.15, 0.2) is 0 Å². The summed E-state index contributed by atoms with van der Waals surface area (Å²) in [6.07, 6.45) is 7.85. The van der Waals surface area contributed by atoms with Crippen molar-refractivity contribution in [2.24, 2.45) is 0 Å². The van der Waals surface area contributed by atoms with Crippen molar-refractivity contribution in [1.82, 2.24) is 4.90 Å². The molecule has 0 saturated carbocycles. The molecule has 0 N–H and O–H groups in total. The Hall–Kier alpha value is -3.45. The second kappa shape index (κ2) is 7.76. The largest absolute Gasteiger partial charge is 0.456 e. The maximum absolute atomic E-state index is 9.49. The first-order valence-corrected chi connectivity index (χ1v) is 10.6. The van der Waals surface area contributed by atoms with Gasteiger partial charge in [-0.1, -0.05) is 18.2 Å². The minimum atomic E-state index is 0.605. The van der Waals surface area contributed by atoms with Crippen LogP contribution in [0.1, 0.15) is 25.0 Å². The highest BCUT2D eigenvalue weighted by molar-refractivity contribution is 5.89. The summed E-state index contributed by atoms with van der Waals surface area (Å²) < 4.78 is 6.16. The van der Waals surface area contributed by atoms with E-state index in [2.05, 4.69) is 47.4 Å². The molecule has 4 nitrogen and oxygen atoms in total. The molecule has 2 aliphatic heterocycles. The van der Waals surface area contributed by atoms with Gasteiger partial charge in [0.2, 0.25) is 0 Å². The van der Waals surface area contributed by atoms with Crippen LogP contribution in [0.25, 0.3) is 27.7 Å². The highest BCUT2D eigenvalue weighted by Gasteiger charge is 2.17. The Bertz CT molecular complexity index is 1190. The topological polar surface area (TPSA) is 43.4 Å². The maximum atomic E-state index is 9.49. The van der Waals surface area contributed by atoms with Crippen LogP contribution in [-0.4, -0.2) is 31.6 Å². The predicted octanol–water partition coefficient (Wildman–Crippen LogP) is 5.83. The smallest absolute Gasteiger partial charge is 0.135 e. The molecule has 0 amide bonds. The zero-order valence-electron chi connectivity index (χ0n) is 17.3. The summed E-state index contributed by atoms with van der Waals surface area (Å²) in [5.41, 5.74) is 3.97. The van der Waals surface area contributed by atoms with Crippen molar-refractivity contribution < 1.29 is 4.42 Å². The molecule has 0 atom stereocenters. The van der Waals surface area contributed by atoms with E-state index in [1.54, 1.807) is 0 Å². The van der Waals surface area contributed by atoms with Crippen LogP contribution in [0.4, 0.5) is 5.69 Å². The van der Waals surface area contributed by atoms with Gasteiger partial charge < -0.3 is 14.2 Å². The zero-order valence-corrected chi connectivity index (χ0v) is 17.3. The summed E-state index contributed by atoms with van der Waals surface area (Å²) in [6.45, 7) is 2.92. The van der Waals surface area contributed by atoms with Crippen molar-refractivity contribution in [2.75, 3.05) is 31.6 Å². The highest BCUT2D eigenvalue weighted by Crippen LogP contribution is 2.32. The fraction of sp³-hybridized carbons (Fsp3) is 0.269. The number of piperidine rings is 1. The zero-order chi connectivity index (χ0) is 20.5. The van der Waals surface area contributed by atoms with Crippen LogP contribution in [0.3, 0.4) is 0 Å². The number of furan rings is 1. The van der Waals surface area contributed by atoms with E-state index < -0.39 is 0 Å². The van der Waals surface area contributed by atoms with Crippen LogP contribution >= 0.6 is 0 Å². The molecule has 0 radical (unpaired) electrons. The first kappa shape index (κ1) is 18.6. The number of allylic oxidation sites excluding steroid dienone is 2. The van der Waals surface area contributed by atoms with E-state index >= 15 is 0 Å². The highest BCUT2D eigenvalue weighted by atomic mass is 16.3. The van der Waals surface area contributed by atoms with Crippen LogP contribution in [-0.2, 0) is 0 Å². The first-order valence-electron chi connectivity index (χ1n) is 10.6. The SMILES string of the molecule is CN1C=CC(c2ccc(-c3ccc4cc(N5CCCCC5)ccc4c3)o2)=C(C#N)C1. The summed E-state index contributed by atoms with van der Waals surface area (Å²) in [7, 11) is 1.96. The fourth-order valence-corrected chi connectivity index (χ4v) is 4.39. The summed E-state index contributed by atoms with van der Waals surface area (Å²) in [6, 6.07) is 19.5. The fourth-order valence-electron chi connectivity index (χ4n) is 4.39. The molecule has 30 heavy (non-hydrogen) atoms. The molecule has 4 heteroatoms. The van der Waals surface area contributed by atoms with Gasteiger partial charge in [0.25, 0.3) is 0 Å². The molecule has 0 bridgehead atoms. The molecule has 2 aromatic carbocycles. The van der Waals surface area contributed by atoms with Gasteiger partial charge in [-0.15, -0.1) is 0 Å². The Kier molecular flexibility index (Phi) is 4.80. The Balaban J connectivity index is 1.44. The second-order valence-corrected chi connectivity index (χ2v) is 8.19. The van der Waals surface area contributed by atoms with E-state index in [-0.39, 0.29) is 0 Å². The van der Waals surface area contributed by atoms with Crippen LogP contribution in [0.2, 0.25) is 0 Å². The summed E-state index contributed by atoms with van der Waals surface area (Å²) in [5, 5.41) is 11.9. The number of rotatable bonds is 3. The van der Waals surface area contributed by atoms with Crippen molar-refractivity contribution in [2.45, 2.75) is 19.3 Å². The molecule has 2 aliphatic rings. The molecule has 1 saturated heterocycles. The maximum Gasteiger partial charge on any atom is 0.135 e. The third kappa shape index (κ3) is 3.48. The molecule has 0 spiro atoms. The molecular weight excluding hydrogens is 370 g/mol. The van der Waals surface area contributed by atoms with Crippen LogP contribution in [0.15, 0.2) is 70.8 Å². The van der Waals surface area contributed by atoms with Crippen LogP contribution in [0, 0.1) is 11.3 Å². The minimum Gasteiger partial charge on any atom is -0.456 e. The number of hydrogen-bond donors (Lipinski definition) is 0. The molecule has 1 fully saturated rings. The number of likely N-dealkylation sites (N-methyl/N-ethyl adjacent to an activating group) is 1. The third-order valence-corrected chi connectivity index (χ3v) is 6.06. The Morgan fingerprint density at radius 3 is 2.50 bits per heavy atom. The second-order valence-electron chi connectivity index (χ2n) is 8.19. The van der Waals surface area contributed by atoms with E-state index in [4.69, 9.17) is 4.42 Å². The number of anilines is 1.